The van der Waals surface area contributed by atoms with Crippen LogP contribution in [0.3, 0.4) is 0 Å². The van der Waals surface area contributed by atoms with Gasteiger partial charge in [-0.1, -0.05) is 0 Å². The van der Waals surface area contributed by atoms with Crippen LogP contribution < -0.4 is 0 Å². The molecule has 0 bridgehead atoms. The van der Waals surface area contributed by atoms with Gasteiger partial charge in [-0.15, -0.1) is 6.58 Å². The van der Waals surface area contributed by atoms with Crippen molar-refractivity contribution in [3.8, 4) is 0 Å². The summed E-state index contributed by atoms with van der Waals surface area (Å²) in [4.78, 5) is 0. The van der Waals surface area contributed by atoms with Crippen LogP contribution in [-0.4, -0.2) is 36.5 Å². The van der Waals surface area contributed by atoms with Gasteiger partial charge in [-0.25, -0.2) is 0 Å². The Bertz CT molecular complexity index is 410. The van der Waals surface area contributed by atoms with Crippen molar-refractivity contribution in [3.05, 3.63) is 12.1 Å². The van der Waals surface area contributed by atoms with Gasteiger partial charge < -0.3 is 9.31 Å². The smallest absolute Gasteiger partial charge is 0.400 e. The van der Waals surface area contributed by atoms with Gasteiger partial charge in [-0.3, -0.25) is 4.55 Å². The van der Waals surface area contributed by atoms with Crippen LogP contribution in [0.25, 0.3) is 0 Å². The third kappa shape index (κ3) is 2.73. The van der Waals surface area contributed by atoms with E-state index < -0.39 is 33.7 Å². The molecule has 1 fully saturated rings. The molecule has 7 heteroatoms. The molecule has 0 radical (unpaired) electrons. The lowest BCUT2D eigenvalue weighted by atomic mass is 9.77. The number of hydrogen-bond donors (Lipinski definition) is 1. The minimum Gasteiger partial charge on any atom is -0.400 e. The Labute approximate surface area is 103 Å². The molecular formula is C10H19BO5S. The summed E-state index contributed by atoms with van der Waals surface area (Å²) in [7, 11) is -5.00. The van der Waals surface area contributed by atoms with E-state index in [-0.39, 0.29) is 5.47 Å². The van der Waals surface area contributed by atoms with Crippen molar-refractivity contribution in [2.24, 2.45) is 0 Å². The van der Waals surface area contributed by atoms with E-state index in [1.165, 1.54) is 6.92 Å². The summed E-state index contributed by atoms with van der Waals surface area (Å²) < 4.78 is 42.3. The minimum atomic E-state index is -4.17. The average Bonchev–Trinajstić information content (AvgIpc) is 2.32. The largest absolute Gasteiger partial charge is 0.491 e. The van der Waals surface area contributed by atoms with Gasteiger partial charge in [0.1, 0.15) is 5.25 Å². The van der Waals surface area contributed by atoms with Crippen molar-refractivity contribution < 1.29 is 22.3 Å². The second-order valence-electron chi connectivity index (χ2n) is 5.32. The predicted octanol–water partition coefficient (Wildman–Crippen LogP) is 1.45. The first-order valence-corrected chi connectivity index (χ1v) is 6.89. The molecule has 0 aliphatic carbocycles. The zero-order valence-corrected chi connectivity index (χ0v) is 11.7. The third-order valence-electron chi connectivity index (χ3n) is 3.52. The normalized spacial score (nSPS) is 24.7. The van der Waals surface area contributed by atoms with Crippen LogP contribution in [0.5, 0.6) is 0 Å². The maximum atomic E-state index is 11.0. The molecule has 1 heterocycles. The van der Waals surface area contributed by atoms with E-state index >= 15 is 0 Å². The Balaban J connectivity index is 2.90. The zero-order chi connectivity index (χ0) is 13.6. The van der Waals surface area contributed by atoms with Crippen molar-refractivity contribution in [2.75, 3.05) is 0 Å². The monoisotopic (exact) mass is 262 g/mol. The van der Waals surface area contributed by atoms with E-state index in [0.717, 1.165) is 0 Å². The summed E-state index contributed by atoms with van der Waals surface area (Å²) in [6, 6.07) is 0. The lowest BCUT2D eigenvalue weighted by Crippen LogP contribution is -2.41. The molecule has 1 aliphatic rings. The Kier molecular flexibility index (Phi) is 3.53. The molecule has 0 aromatic carbocycles. The molecule has 0 spiro atoms. The lowest BCUT2D eigenvalue weighted by Gasteiger charge is -2.32. The predicted molar refractivity (Wildman–Crippen MR) is 66.2 cm³/mol. The number of rotatable bonds is 3. The van der Waals surface area contributed by atoms with Crippen LogP contribution in [0.15, 0.2) is 12.1 Å². The zero-order valence-electron chi connectivity index (χ0n) is 10.9. The highest BCUT2D eigenvalue weighted by molar-refractivity contribution is 7.86. The molecule has 5 nitrogen and oxygen atoms in total. The first-order valence-electron chi connectivity index (χ1n) is 5.39. The highest BCUT2D eigenvalue weighted by Crippen LogP contribution is 2.39. The highest BCUT2D eigenvalue weighted by atomic mass is 32.2. The molecule has 0 amide bonds. The third-order valence-corrected chi connectivity index (χ3v) is 4.72. The fourth-order valence-corrected chi connectivity index (χ4v) is 1.87. The maximum absolute atomic E-state index is 11.0. The van der Waals surface area contributed by atoms with Crippen LogP contribution in [0, 0.1) is 0 Å². The molecule has 1 N–H and O–H groups in total. The van der Waals surface area contributed by atoms with E-state index in [4.69, 9.17) is 13.9 Å². The van der Waals surface area contributed by atoms with E-state index in [0.29, 0.717) is 0 Å². The average molecular weight is 262 g/mol. The van der Waals surface area contributed by atoms with Crippen molar-refractivity contribution in [1.29, 1.82) is 0 Å². The summed E-state index contributed by atoms with van der Waals surface area (Å²) >= 11 is 0. The van der Waals surface area contributed by atoms with Gasteiger partial charge in [-0.2, -0.15) is 8.42 Å². The first-order chi connectivity index (χ1) is 7.38. The van der Waals surface area contributed by atoms with Gasteiger partial charge in [0.25, 0.3) is 10.1 Å². The molecule has 0 aromatic heterocycles. The van der Waals surface area contributed by atoms with E-state index in [1.807, 2.05) is 27.7 Å². The van der Waals surface area contributed by atoms with Gasteiger partial charge in [0, 0.05) is 0 Å². The summed E-state index contributed by atoms with van der Waals surface area (Å²) in [5, 5.41) is -1.11. The standard InChI is InChI=1S/C10H19BO5S/c1-7(8(2)17(12,13)14)11-15-9(3,4)10(5,6)16-11/h8H,1H2,2-6H3,(H,12,13,14). The fourth-order valence-electron chi connectivity index (χ4n) is 1.38. The number of hydrogen-bond acceptors (Lipinski definition) is 4. The van der Waals surface area contributed by atoms with Gasteiger partial charge in [0.15, 0.2) is 0 Å². The Morgan fingerprint density at radius 1 is 1.24 bits per heavy atom. The summed E-state index contributed by atoms with van der Waals surface area (Å²) in [5.41, 5.74) is -0.912. The molecule has 1 saturated heterocycles. The quantitative estimate of drug-likeness (QED) is 0.615. The molecule has 1 rings (SSSR count). The first kappa shape index (κ1) is 14.7. The van der Waals surface area contributed by atoms with Crippen molar-refractivity contribution in [2.45, 2.75) is 51.1 Å². The molecule has 98 valence electrons. The maximum Gasteiger partial charge on any atom is 0.491 e. The topological polar surface area (TPSA) is 72.8 Å². The van der Waals surface area contributed by atoms with Crippen molar-refractivity contribution in [3.63, 3.8) is 0 Å². The van der Waals surface area contributed by atoms with Gasteiger partial charge in [0.05, 0.1) is 11.2 Å². The van der Waals surface area contributed by atoms with Crippen molar-refractivity contribution in [1.82, 2.24) is 0 Å². The molecular weight excluding hydrogens is 243 g/mol. The summed E-state index contributed by atoms with van der Waals surface area (Å²) in [6.45, 7) is 12.4. The van der Waals surface area contributed by atoms with Gasteiger partial charge >= 0.3 is 7.12 Å². The van der Waals surface area contributed by atoms with Gasteiger partial charge in [0.2, 0.25) is 0 Å². The second-order valence-corrected chi connectivity index (χ2v) is 7.06. The Morgan fingerprint density at radius 2 is 1.59 bits per heavy atom. The van der Waals surface area contributed by atoms with Crippen LogP contribution in [0.4, 0.5) is 0 Å². The molecule has 1 atom stereocenters. The lowest BCUT2D eigenvalue weighted by molar-refractivity contribution is 0.00578. The second kappa shape index (κ2) is 4.08. The molecule has 17 heavy (non-hydrogen) atoms. The van der Waals surface area contributed by atoms with E-state index in [1.54, 1.807) is 0 Å². The van der Waals surface area contributed by atoms with Crippen LogP contribution >= 0.6 is 0 Å². The van der Waals surface area contributed by atoms with Crippen LogP contribution in [-0.2, 0) is 19.4 Å². The van der Waals surface area contributed by atoms with E-state index in [9.17, 15) is 8.42 Å². The van der Waals surface area contributed by atoms with Crippen LogP contribution in [0.1, 0.15) is 34.6 Å². The highest BCUT2D eigenvalue weighted by Gasteiger charge is 2.53. The van der Waals surface area contributed by atoms with Gasteiger partial charge in [-0.05, 0) is 40.1 Å². The minimum absolute atomic E-state index is 0.200. The molecule has 0 aromatic rings. The molecule has 1 unspecified atom stereocenters. The van der Waals surface area contributed by atoms with Crippen molar-refractivity contribution >= 4 is 17.2 Å². The SMILES string of the molecule is C=C(B1OC(C)(C)C(C)(C)O1)C(C)S(=O)(=O)O. The molecule has 0 saturated carbocycles. The summed E-state index contributed by atoms with van der Waals surface area (Å²) in [6.07, 6.45) is 0. The van der Waals surface area contributed by atoms with E-state index in [2.05, 4.69) is 6.58 Å². The Morgan fingerprint density at radius 3 is 1.88 bits per heavy atom. The molecule has 1 aliphatic heterocycles. The fraction of sp³-hybridized carbons (Fsp3) is 0.800. The Hall–Kier alpha value is -0.365. The summed E-state index contributed by atoms with van der Waals surface area (Å²) in [5.74, 6) is 0. The van der Waals surface area contributed by atoms with Crippen LogP contribution in [0.2, 0.25) is 0 Å².